The van der Waals surface area contributed by atoms with Gasteiger partial charge in [0.25, 0.3) is 9.05 Å². The van der Waals surface area contributed by atoms with Crippen molar-refractivity contribution in [3.05, 3.63) is 57.3 Å². The van der Waals surface area contributed by atoms with E-state index < -0.39 is 14.9 Å². The molecule has 0 radical (unpaired) electrons. The molecule has 0 saturated carbocycles. The van der Waals surface area contributed by atoms with Crippen molar-refractivity contribution < 1.29 is 17.5 Å². The molecule has 0 N–H and O–H groups in total. The van der Waals surface area contributed by atoms with Crippen molar-refractivity contribution in [2.45, 2.75) is 11.5 Å². The van der Waals surface area contributed by atoms with Crippen molar-refractivity contribution >= 4 is 47.3 Å². The van der Waals surface area contributed by atoms with E-state index in [4.69, 9.17) is 27.0 Å². The van der Waals surface area contributed by atoms with Crippen LogP contribution in [0.3, 0.4) is 0 Å². The van der Waals surface area contributed by atoms with Crippen molar-refractivity contribution in [2.75, 3.05) is 0 Å². The maximum absolute atomic E-state index is 13.1. The minimum absolute atomic E-state index is 0.0431. The number of hydrogen-bond acceptors (Lipinski definition) is 3. The van der Waals surface area contributed by atoms with Crippen molar-refractivity contribution in [2.24, 2.45) is 0 Å². The van der Waals surface area contributed by atoms with Gasteiger partial charge >= 0.3 is 0 Å². The molecular formula is C13H8BrCl2FO3S. The molecule has 2 aromatic carbocycles. The molecule has 0 unspecified atom stereocenters. The normalized spacial score (nSPS) is 11.4. The van der Waals surface area contributed by atoms with Crippen LogP contribution in [0.1, 0.15) is 5.56 Å². The van der Waals surface area contributed by atoms with E-state index in [1.165, 1.54) is 30.3 Å². The van der Waals surface area contributed by atoms with E-state index in [0.717, 1.165) is 0 Å². The Morgan fingerprint density at radius 3 is 2.57 bits per heavy atom. The second-order valence-corrected chi connectivity index (χ2v) is 7.93. The molecule has 0 aliphatic heterocycles. The van der Waals surface area contributed by atoms with Crippen LogP contribution in [-0.4, -0.2) is 8.42 Å². The van der Waals surface area contributed by atoms with Gasteiger partial charge in [0.1, 0.15) is 17.3 Å². The average molecular weight is 414 g/mol. The van der Waals surface area contributed by atoms with Gasteiger partial charge in [-0.25, -0.2) is 12.8 Å². The molecule has 0 fully saturated rings. The van der Waals surface area contributed by atoms with Crippen LogP contribution in [0.25, 0.3) is 0 Å². The Labute approximate surface area is 139 Å². The fourth-order valence-electron chi connectivity index (χ4n) is 1.64. The molecule has 0 spiro atoms. The van der Waals surface area contributed by atoms with Crippen molar-refractivity contribution in [1.82, 2.24) is 0 Å². The summed E-state index contributed by atoms with van der Waals surface area (Å²) in [5.74, 6) is -0.484. The van der Waals surface area contributed by atoms with Crippen LogP contribution in [0.5, 0.6) is 5.75 Å². The van der Waals surface area contributed by atoms with E-state index in [-0.39, 0.29) is 22.3 Å². The SMILES string of the molecule is O=S(=O)(Cl)c1cc(Br)cc(Cl)c1OCc1cccc(F)c1. The van der Waals surface area contributed by atoms with Gasteiger partial charge in [-0.2, -0.15) is 0 Å². The summed E-state index contributed by atoms with van der Waals surface area (Å²) in [4.78, 5) is -0.250. The number of hydrogen-bond donors (Lipinski definition) is 0. The zero-order valence-corrected chi connectivity index (χ0v) is 14.2. The predicted octanol–water partition coefficient (Wildman–Crippen LogP) is 4.75. The van der Waals surface area contributed by atoms with Crippen molar-refractivity contribution in [3.8, 4) is 5.75 Å². The minimum atomic E-state index is -4.03. The van der Waals surface area contributed by atoms with Gasteiger partial charge in [0.05, 0.1) is 5.02 Å². The zero-order valence-electron chi connectivity index (χ0n) is 10.3. The first-order valence-corrected chi connectivity index (χ1v) is 9.06. The third kappa shape index (κ3) is 4.32. The molecule has 0 heterocycles. The fraction of sp³-hybridized carbons (Fsp3) is 0.0769. The highest BCUT2D eigenvalue weighted by Gasteiger charge is 2.21. The van der Waals surface area contributed by atoms with E-state index in [0.29, 0.717) is 10.0 Å². The Morgan fingerprint density at radius 1 is 1.24 bits per heavy atom. The molecule has 8 heteroatoms. The lowest BCUT2D eigenvalue weighted by atomic mass is 10.2. The summed E-state index contributed by atoms with van der Waals surface area (Å²) in [7, 11) is 1.34. The van der Waals surface area contributed by atoms with E-state index in [2.05, 4.69) is 15.9 Å². The number of benzene rings is 2. The van der Waals surface area contributed by atoms with Crippen LogP contribution in [0, 0.1) is 5.82 Å². The highest BCUT2D eigenvalue weighted by Crippen LogP contribution is 2.37. The third-order valence-electron chi connectivity index (χ3n) is 2.51. The Balaban J connectivity index is 2.36. The summed E-state index contributed by atoms with van der Waals surface area (Å²) in [6, 6.07) is 8.51. The van der Waals surface area contributed by atoms with Crippen molar-refractivity contribution in [1.29, 1.82) is 0 Å². The minimum Gasteiger partial charge on any atom is -0.486 e. The van der Waals surface area contributed by atoms with Gasteiger partial charge in [0.2, 0.25) is 0 Å². The highest BCUT2D eigenvalue weighted by atomic mass is 79.9. The predicted molar refractivity (Wildman–Crippen MR) is 82.9 cm³/mol. The van der Waals surface area contributed by atoms with Crippen LogP contribution in [0.4, 0.5) is 4.39 Å². The van der Waals surface area contributed by atoms with E-state index in [1.54, 1.807) is 6.07 Å². The number of rotatable bonds is 4. The zero-order chi connectivity index (χ0) is 15.6. The summed E-state index contributed by atoms with van der Waals surface area (Å²) in [5, 5.41) is 0.0833. The quantitative estimate of drug-likeness (QED) is 0.679. The molecule has 3 nitrogen and oxygen atoms in total. The van der Waals surface area contributed by atoms with E-state index >= 15 is 0 Å². The molecule has 0 amide bonds. The first-order valence-electron chi connectivity index (χ1n) is 5.58. The molecule has 112 valence electrons. The van der Waals surface area contributed by atoms with Crippen molar-refractivity contribution in [3.63, 3.8) is 0 Å². The molecule has 0 aromatic heterocycles. The maximum Gasteiger partial charge on any atom is 0.265 e. The van der Waals surface area contributed by atoms with Crippen LogP contribution in [-0.2, 0) is 15.7 Å². The smallest absolute Gasteiger partial charge is 0.265 e. The summed E-state index contributed by atoms with van der Waals surface area (Å²) >= 11 is 9.12. The lowest BCUT2D eigenvalue weighted by Crippen LogP contribution is -2.02. The highest BCUT2D eigenvalue weighted by molar-refractivity contribution is 9.10. The van der Waals surface area contributed by atoms with E-state index in [1.807, 2.05) is 0 Å². The van der Waals surface area contributed by atoms with Gasteiger partial charge in [-0.15, -0.1) is 0 Å². The molecule has 0 saturated heterocycles. The second-order valence-electron chi connectivity index (χ2n) is 4.07. The number of ether oxygens (including phenoxy) is 1. The van der Waals surface area contributed by atoms with Gasteiger partial charge in [0.15, 0.2) is 5.75 Å². The Kier molecular flexibility index (Phi) is 5.14. The molecule has 0 atom stereocenters. The molecule has 0 aliphatic carbocycles. The molecular weight excluding hydrogens is 406 g/mol. The third-order valence-corrected chi connectivity index (χ3v) is 4.58. The maximum atomic E-state index is 13.1. The number of halogens is 4. The first-order chi connectivity index (χ1) is 9.77. The average Bonchev–Trinajstić information content (AvgIpc) is 2.36. The molecule has 0 bridgehead atoms. The largest absolute Gasteiger partial charge is 0.486 e. The fourth-order valence-corrected chi connectivity index (χ4v) is 3.71. The summed E-state index contributed by atoms with van der Waals surface area (Å²) in [6.07, 6.45) is 0. The van der Waals surface area contributed by atoms with Gasteiger partial charge in [-0.3, -0.25) is 0 Å². The lowest BCUT2D eigenvalue weighted by Gasteiger charge is -2.12. The van der Waals surface area contributed by atoms with E-state index in [9.17, 15) is 12.8 Å². The summed E-state index contributed by atoms with van der Waals surface area (Å²) in [5.41, 5.74) is 0.534. The topological polar surface area (TPSA) is 43.4 Å². The first kappa shape index (κ1) is 16.5. The van der Waals surface area contributed by atoms with Gasteiger partial charge in [0, 0.05) is 15.2 Å². The molecule has 2 rings (SSSR count). The van der Waals surface area contributed by atoms with Crippen LogP contribution < -0.4 is 4.74 Å². The van der Waals surface area contributed by atoms with Gasteiger partial charge < -0.3 is 4.74 Å². The Morgan fingerprint density at radius 2 is 1.95 bits per heavy atom. The summed E-state index contributed by atoms with van der Waals surface area (Å²) < 4.78 is 42.1. The van der Waals surface area contributed by atoms with Crippen LogP contribution >= 0.6 is 38.2 Å². The Hall–Kier alpha value is -0.820. The Bertz CT molecular complexity index is 781. The molecule has 0 aliphatic rings. The summed E-state index contributed by atoms with van der Waals surface area (Å²) in [6.45, 7) is -0.0431. The molecule has 2 aromatic rings. The van der Waals surface area contributed by atoms with Crippen LogP contribution in [0.2, 0.25) is 5.02 Å². The molecule has 21 heavy (non-hydrogen) atoms. The van der Waals surface area contributed by atoms with Gasteiger partial charge in [-0.05, 0) is 29.8 Å². The second kappa shape index (κ2) is 6.52. The lowest BCUT2D eigenvalue weighted by molar-refractivity contribution is 0.297. The van der Waals surface area contributed by atoms with Gasteiger partial charge in [-0.1, -0.05) is 39.7 Å². The van der Waals surface area contributed by atoms with Crippen LogP contribution in [0.15, 0.2) is 45.8 Å². The standard InChI is InChI=1S/C13H8BrCl2FO3S/c14-9-5-11(15)13(12(6-9)21(16,18)19)20-7-8-2-1-3-10(17)4-8/h1-6H,7H2. The monoisotopic (exact) mass is 412 g/mol.